The van der Waals surface area contributed by atoms with Crippen molar-refractivity contribution in [2.45, 2.75) is 25.3 Å². The number of amides is 1. The predicted octanol–water partition coefficient (Wildman–Crippen LogP) is 7.71. The summed E-state index contributed by atoms with van der Waals surface area (Å²) in [4.78, 5) is 13.6. The van der Waals surface area contributed by atoms with E-state index in [0.717, 1.165) is 41.7 Å². The van der Waals surface area contributed by atoms with Crippen molar-refractivity contribution >= 4 is 40.9 Å². The van der Waals surface area contributed by atoms with Gasteiger partial charge in [0.25, 0.3) is 5.91 Å². The van der Waals surface area contributed by atoms with Gasteiger partial charge in [0.1, 0.15) is 11.6 Å². The maximum Gasteiger partial charge on any atom is 0.276 e. The van der Waals surface area contributed by atoms with Gasteiger partial charge < -0.3 is 0 Å². The summed E-state index contributed by atoms with van der Waals surface area (Å²) in [6.45, 7) is 0. The number of rotatable bonds is 3. The van der Waals surface area contributed by atoms with Crippen LogP contribution in [0.15, 0.2) is 77.4 Å². The Balaban J connectivity index is 1.59. The van der Waals surface area contributed by atoms with Gasteiger partial charge in [-0.25, -0.2) is 13.8 Å². The Bertz CT molecular complexity index is 1300. The molecule has 0 radical (unpaired) electrons. The van der Waals surface area contributed by atoms with Crippen molar-refractivity contribution in [2.75, 3.05) is 0 Å². The predicted molar refractivity (Wildman–Crippen MR) is 131 cm³/mol. The standard InChI is InChI=1S/C27H20Cl2F2N2O/c28-19-8-13-22(24(29)15-19)27(34)33-26(17-6-11-21(31)12-7-17)23-3-1-2-18(25(23)32-33)14-16-4-9-20(30)10-5-16/h4-15,23,26H,1-3H2/b18-14+/t23-,26-/m0/s1. The third-order valence-electron chi connectivity index (χ3n) is 6.29. The van der Waals surface area contributed by atoms with Crippen LogP contribution in [0.2, 0.25) is 10.0 Å². The molecule has 3 aromatic carbocycles. The topological polar surface area (TPSA) is 32.7 Å². The lowest BCUT2D eigenvalue weighted by Crippen LogP contribution is -2.32. The average molecular weight is 497 g/mol. The fourth-order valence-electron chi connectivity index (χ4n) is 4.71. The Hall–Kier alpha value is -3.02. The first-order valence-electron chi connectivity index (χ1n) is 11.0. The van der Waals surface area contributed by atoms with Crippen LogP contribution >= 0.6 is 23.2 Å². The van der Waals surface area contributed by atoms with Crippen LogP contribution in [0.4, 0.5) is 8.78 Å². The lowest BCUT2D eigenvalue weighted by Gasteiger charge is -2.29. The van der Waals surface area contributed by atoms with Gasteiger partial charge in [-0.05, 0) is 84.5 Å². The Labute approximate surface area is 206 Å². The number of benzene rings is 3. The first-order chi connectivity index (χ1) is 16.4. The minimum absolute atomic E-state index is 0.0547. The van der Waals surface area contributed by atoms with E-state index in [4.69, 9.17) is 28.3 Å². The molecule has 172 valence electrons. The monoisotopic (exact) mass is 496 g/mol. The van der Waals surface area contributed by atoms with Gasteiger partial charge >= 0.3 is 0 Å². The van der Waals surface area contributed by atoms with Crippen molar-refractivity contribution in [2.24, 2.45) is 11.0 Å². The Kier molecular flexibility index (Phi) is 6.24. The van der Waals surface area contributed by atoms with E-state index >= 15 is 0 Å². The molecule has 3 aromatic rings. The summed E-state index contributed by atoms with van der Waals surface area (Å²) in [5.41, 5.74) is 3.79. The molecule has 34 heavy (non-hydrogen) atoms. The SMILES string of the molecule is O=C(c1ccc(Cl)cc1Cl)N1N=C2/C(=C/c3ccc(F)cc3)CCC[C@@H]2[C@@H]1c1ccc(F)cc1. The zero-order chi connectivity index (χ0) is 23.8. The Morgan fingerprint density at radius 3 is 2.32 bits per heavy atom. The highest BCUT2D eigenvalue weighted by Gasteiger charge is 2.44. The summed E-state index contributed by atoms with van der Waals surface area (Å²) in [5.74, 6) is -1.04. The van der Waals surface area contributed by atoms with Crippen LogP contribution in [-0.2, 0) is 0 Å². The van der Waals surface area contributed by atoms with Crippen LogP contribution in [0.5, 0.6) is 0 Å². The number of carbonyl (C=O) groups is 1. The molecule has 1 amide bonds. The number of hydrogen-bond acceptors (Lipinski definition) is 2. The third-order valence-corrected chi connectivity index (χ3v) is 6.84. The largest absolute Gasteiger partial charge is 0.276 e. The maximum absolute atomic E-state index is 13.7. The quantitative estimate of drug-likeness (QED) is 0.365. The first-order valence-corrected chi connectivity index (χ1v) is 11.8. The second kappa shape index (κ2) is 9.32. The second-order valence-corrected chi connectivity index (χ2v) is 9.32. The Morgan fingerprint density at radius 1 is 0.971 bits per heavy atom. The van der Waals surface area contributed by atoms with Crippen molar-refractivity contribution in [1.82, 2.24) is 5.01 Å². The molecule has 7 heteroatoms. The minimum atomic E-state index is -0.397. The summed E-state index contributed by atoms with van der Waals surface area (Å²) in [6, 6.07) is 16.8. The fraction of sp³-hybridized carbons (Fsp3) is 0.185. The van der Waals surface area contributed by atoms with Gasteiger partial charge in [0.15, 0.2) is 0 Å². The molecule has 1 fully saturated rings. The van der Waals surface area contributed by atoms with E-state index < -0.39 is 6.04 Å². The Morgan fingerprint density at radius 2 is 1.65 bits per heavy atom. The van der Waals surface area contributed by atoms with Crippen molar-refractivity contribution in [1.29, 1.82) is 0 Å². The number of hydrogen-bond donors (Lipinski definition) is 0. The van der Waals surface area contributed by atoms with Crippen molar-refractivity contribution in [3.63, 3.8) is 0 Å². The minimum Gasteiger partial charge on any atom is -0.267 e. The van der Waals surface area contributed by atoms with Crippen LogP contribution < -0.4 is 0 Å². The molecular weight excluding hydrogens is 477 g/mol. The molecule has 2 atom stereocenters. The van der Waals surface area contributed by atoms with Crippen molar-refractivity contribution in [3.8, 4) is 0 Å². The van der Waals surface area contributed by atoms with E-state index in [1.54, 1.807) is 36.4 Å². The van der Waals surface area contributed by atoms with Crippen LogP contribution in [-0.4, -0.2) is 16.6 Å². The van der Waals surface area contributed by atoms with E-state index in [-0.39, 0.29) is 28.5 Å². The lowest BCUT2D eigenvalue weighted by atomic mass is 9.77. The van der Waals surface area contributed by atoms with E-state index in [1.165, 1.54) is 35.3 Å². The molecule has 2 aliphatic rings. The van der Waals surface area contributed by atoms with Gasteiger partial charge in [0.2, 0.25) is 0 Å². The van der Waals surface area contributed by atoms with Gasteiger partial charge in [-0.1, -0.05) is 47.5 Å². The number of halogens is 4. The van der Waals surface area contributed by atoms with E-state index in [9.17, 15) is 13.6 Å². The summed E-state index contributed by atoms with van der Waals surface area (Å²) in [5, 5.41) is 6.94. The zero-order valence-electron chi connectivity index (χ0n) is 18.0. The van der Waals surface area contributed by atoms with Crippen LogP contribution in [0.1, 0.15) is 46.8 Å². The smallest absolute Gasteiger partial charge is 0.267 e. The molecule has 0 aromatic heterocycles. The number of nitrogens with zero attached hydrogens (tertiary/aromatic N) is 2. The maximum atomic E-state index is 13.7. The molecule has 1 aliphatic carbocycles. The normalized spacial score (nSPS) is 20.9. The number of fused-ring (bicyclic) bond motifs is 1. The van der Waals surface area contributed by atoms with Gasteiger partial charge in [0.05, 0.1) is 22.3 Å². The summed E-state index contributed by atoms with van der Waals surface area (Å²) in [6.07, 6.45) is 4.54. The van der Waals surface area contributed by atoms with Gasteiger partial charge in [0, 0.05) is 10.9 Å². The van der Waals surface area contributed by atoms with Crippen LogP contribution in [0.3, 0.4) is 0 Å². The fourth-order valence-corrected chi connectivity index (χ4v) is 5.20. The molecule has 3 nitrogen and oxygen atoms in total. The van der Waals surface area contributed by atoms with Crippen molar-refractivity contribution in [3.05, 3.63) is 111 Å². The van der Waals surface area contributed by atoms with Crippen LogP contribution in [0, 0.1) is 17.6 Å². The highest BCUT2D eigenvalue weighted by Crippen LogP contribution is 2.45. The number of allylic oxidation sites excluding steroid dienone is 1. The van der Waals surface area contributed by atoms with Gasteiger partial charge in [-0.3, -0.25) is 4.79 Å². The van der Waals surface area contributed by atoms with Crippen LogP contribution in [0.25, 0.3) is 6.08 Å². The number of hydrazone groups is 1. The molecule has 1 aliphatic heterocycles. The molecule has 1 heterocycles. The average Bonchev–Trinajstić information content (AvgIpc) is 3.21. The molecule has 0 saturated heterocycles. The van der Waals surface area contributed by atoms with Gasteiger partial charge in [-0.15, -0.1) is 0 Å². The molecule has 0 spiro atoms. The summed E-state index contributed by atoms with van der Waals surface area (Å²) in [7, 11) is 0. The highest BCUT2D eigenvalue weighted by atomic mass is 35.5. The molecule has 0 unspecified atom stereocenters. The molecule has 5 rings (SSSR count). The first kappa shape index (κ1) is 22.8. The van der Waals surface area contributed by atoms with Gasteiger partial charge in [-0.2, -0.15) is 5.10 Å². The van der Waals surface area contributed by atoms with E-state index in [1.807, 2.05) is 6.08 Å². The van der Waals surface area contributed by atoms with E-state index in [0.29, 0.717) is 10.6 Å². The van der Waals surface area contributed by atoms with E-state index in [2.05, 4.69) is 0 Å². The molecule has 0 N–H and O–H groups in total. The molecule has 1 saturated carbocycles. The summed E-state index contributed by atoms with van der Waals surface area (Å²) < 4.78 is 27.0. The zero-order valence-corrected chi connectivity index (χ0v) is 19.5. The number of carbonyl (C=O) groups excluding carboxylic acids is 1. The third kappa shape index (κ3) is 4.38. The molecular formula is C27H20Cl2F2N2O. The second-order valence-electron chi connectivity index (χ2n) is 8.48. The molecule has 0 bridgehead atoms. The lowest BCUT2D eigenvalue weighted by molar-refractivity contribution is 0.0681. The summed E-state index contributed by atoms with van der Waals surface area (Å²) >= 11 is 12.4. The van der Waals surface area contributed by atoms with Crippen molar-refractivity contribution < 1.29 is 13.6 Å². The highest BCUT2D eigenvalue weighted by molar-refractivity contribution is 6.36.